The zero-order valence-corrected chi connectivity index (χ0v) is 20.2. The molecule has 1 fully saturated rings. The van der Waals surface area contributed by atoms with Crippen LogP contribution in [0.1, 0.15) is 13.8 Å². The van der Waals surface area contributed by atoms with E-state index in [1.807, 2.05) is 11.8 Å². The molecule has 0 aromatic carbocycles. The van der Waals surface area contributed by atoms with Gasteiger partial charge in [0.05, 0.1) is 6.54 Å². The van der Waals surface area contributed by atoms with Gasteiger partial charge in [0, 0.05) is 39.3 Å². The molecule has 0 bridgehead atoms. The number of hydrogen-bond acceptors (Lipinski definition) is 5. The summed E-state index contributed by atoms with van der Waals surface area (Å²) < 4.78 is 65.5. The number of thiophene rings is 1. The summed E-state index contributed by atoms with van der Waals surface area (Å²) in [6.07, 6.45) is -4.24. The lowest BCUT2D eigenvalue weighted by Crippen LogP contribution is -2.56. The summed E-state index contributed by atoms with van der Waals surface area (Å²) in [6, 6.07) is 1.72. The van der Waals surface area contributed by atoms with Crippen molar-refractivity contribution < 1.29 is 21.6 Å². The number of sulfonamides is 1. The third kappa shape index (κ3) is 7.84. The highest BCUT2D eigenvalue weighted by Crippen LogP contribution is 2.25. The largest absolute Gasteiger partial charge is 0.403 e. The van der Waals surface area contributed by atoms with E-state index < -0.39 is 22.2 Å². The quantitative estimate of drug-likeness (QED) is 0.228. The van der Waals surface area contributed by atoms with Gasteiger partial charge in [0.15, 0.2) is 5.96 Å². The molecule has 0 saturated carbocycles. The maximum absolute atomic E-state index is 12.9. The first-order valence-corrected chi connectivity index (χ1v) is 11.4. The lowest BCUT2D eigenvalue weighted by molar-refractivity contribution is -0.181. The van der Waals surface area contributed by atoms with E-state index >= 15 is 0 Å². The van der Waals surface area contributed by atoms with Crippen LogP contribution >= 0.6 is 35.3 Å². The van der Waals surface area contributed by atoms with Gasteiger partial charge in [-0.15, -0.1) is 35.3 Å². The summed E-state index contributed by atoms with van der Waals surface area (Å²) in [5.74, 6) is 0.581. The van der Waals surface area contributed by atoms with Crippen molar-refractivity contribution >= 4 is 51.3 Å². The van der Waals surface area contributed by atoms with Gasteiger partial charge in [-0.1, -0.05) is 6.07 Å². The maximum Gasteiger partial charge on any atom is 0.403 e. The monoisotopic (exact) mass is 569 g/mol. The molecule has 1 aliphatic heterocycles. The first-order valence-electron chi connectivity index (χ1n) is 9.02. The average Bonchev–Trinajstić information content (AvgIpc) is 3.19. The van der Waals surface area contributed by atoms with Gasteiger partial charge in [-0.05, 0) is 25.3 Å². The topological polar surface area (TPSA) is 77.0 Å². The van der Waals surface area contributed by atoms with E-state index in [4.69, 9.17) is 0 Å². The van der Waals surface area contributed by atoms with Crippen LogP contribution in [0.4, 0.5) is 13.2 Å². The molecule has 0 amide bonds. The van der Waals surface area contributed by atoms with E-state index in [2.05, 4.69) is 15.0 Å². The summed E-state index contributed by atoms with van der Waals surface area (Å²) in [6.45, 7) is 5.48. The Kier molecular flexibility index (Phi) is 10.6. The maximum atomic E-state index is 12.9. The Bertz CT molecular complexity index is 736. The van der Waals surface area contributed by atoms with E-state index in [1.165, 1.54) is 17.9 Å². The van der Waals surface area contributed by atoms with Crippen LogP contribution in [0.3, 0.4) is 0 Å². The summed E-state index contributed by atoms with van der Waals surface area (Å²) in [4.78, 5) is 7.72. The molecule has 1 aliphatic rings. The minimum absolute atomic E-state index is 0. The minimum Gasteiger partial charge on any atom is -0.357 e. The molecule has 1 aromatic rings. The van der Waals surface area contributed by atoms with Gasteiger partial charge in [0.25, 0.3) is 0 Å². The van der Waals surface area contributed by atoms with Crippen LogP contribution < -0.4 is 10.0 Å². The van der Waals surface area contributed by atoms with E-state index in [0.717, 1.165) is 11.3 Å². The lowest BCUT2D eigenvalue weighted by Gasteiger charge is -2.39. The van der Waals surface area contributed by atoms with Crippen molar-refractivity contribution in [2.24, 2.45) is 4.99 Å². The average molecular weight is 569 g/mol. The van der Waals surface area contributed by atoms with Gasteiger partial charge in [0.1, 0.15) is 10.3 Å². The standard InChI is InChI=1S/C16H26F3N5O2S2.HI/c1-3-20-15(21-6-7-22-28(25,26)14-5-4-12-27-14)24-10-8-23(9-11-24)13(2)16(17,18)19;/h4-5,12-13,22H,3,6-11H2,1-2H3,(H,20,21);1H. The molecule has 13 heteroatoms. The summed E-state index contributed by atoms with van der Waals surface area (Å²) in [7, 11) is -3.53. The number of alkyl halides is 3. The van der Waals surface area contributed by atoms with E-state index in [9.17, 15) is 21.6 Å². The van der Waals surface area contributed by atoms with Crippen molar-refractivity contribution in [2.75, 3.05) is 45.8 Å². The first kappa shape index (κ1) is 26.4. The molecule has 2 rings (SSSR count). The lowest BCUT2D eigenvalue weighted by atomic mass is 10.2. The second-order valence-electron chi connectivity index (χ2n) is 6.31. The van der Waals surface area contributed by atoms with Gasteiger partial charge >= 0.3 is 6.18 Å². The molecule has 1 unspecified atom stereocenters. The van der Waals surface area contributed by atoms with Crippen LogP contribution in [-0.2, 0) is 10.0 Å². The fraction of sp³-hybridized carbons (Fsp3) is 0.688. The van der Waals surface area contributed by atoms with Gasteiger partial charge < -0.3 is 10.2 Å². The van der Waals surface area contributed by atoms with Crippen LogP contribution in [0.15, 0.2) is 26.7 Å². The first-order chi connectivity index (χ1) is 13.1. The number of rotatable bonds is 7. The molecule has 2 heterocycles. The van der Waals surface area contributed by atoms with Crippen molar-refractivity contribution in [1.29, 1.82) is 0 Å². The zero-order valence-electron chi connectivity index (χ0n) is 16.3. The molecule has 1 saturated heterocycles. The second kappa shape index (κ2) is 11.7. The highest BCUT2D eigenvalue weighted by molar-refractivity contribution is 14.0. The van der Waals surface area contributed by atoms with E-state index in [-0.39, 0.29) is 54.4 Å². The molecule has 2 N–H and O–H groups in total. The molecule has 29 heavy (non-hydrogen) atoms. The molecular formula is C16H27F3IN5O2S2. The number of guanidine groups is 1. The Morgan fingerprint density at radius 3 is 2.48 bits per heavy atom. The summed E-state index contributed by atoms with van der Waals surface area (Å²) >= 11 is 1.14. The summed E-state index contributed by atoms with van der Waals surface area (Å²) in [5, 5.41) is 4.80. The highest BCUT2D eigenvalue weighted by atomic mass is 127. The smallest absolute Gasteiger partial charge is 0.357 e. The number of aliphatic imine (C=N–C) groups is 1. The van der Waals surface area contributed by atoms with E-state index in [0.29, 0.717) is 25.6 Å². The third-order valence-corrected chi connectivity index (χ3v) is 7.25. The van der Waals surface area contributed by atoms with Crippen LogP contribution in [0.5, 0.6) is 0 Å². The molecule has 0 aliphatic carbocycles. The van der Waals surface area contributed by atoms with Crippen LogP contribution in [-0.4, -0.2) is 82.2 Å². The number of hydrogen-bond donors (Lipinski definition) is 2. The van der Waals surface area contributed by atoms with Gasteiger partial charge in [-0.2, -0.15) is 13.2 Å². The Morgan fingerprint density at radius 1 is 1.31 bits per heavy atom. The van der Waals surface area contributed by atoms with Crippen molar-refractivity contribution in [3.63, 3.8) is 0 Å². The molecule has 1 atom stereocenters. The van der Waals surface area contributed by atoms with Gasteiger partial charge in [-0.3, -0.25) is 9.89 Å². The molecular weight excluding hydrogens is 542 g/mol. The number of nitrogens with one attached hydrogen (secondary N) is 2. The number of piperazine rings is 1. The minimum atomic E-state index is -4.24. The number of nitrogens with zero attached hydrogens (tertiary/aromatic N) is 3. The van der Waals surface area contributed by atoms with Crippen molar-refractivity contribution in [3.8, 4) is 0 Å². The third-order valence-electron chi connectivity index (χ3n) is 4.40. The Hall–Kier alpha value is -0.640. The van der Waals surface area contributed by atoms with Crippen LogP contribution in [0.2, 0.25) is 0 Å². The predicted octanol–water partition coefficient (Wildman–Crippen LogP) is 2.18. The predicted molar refractivity (Wildman–Crippen MR) is 120 cm³/mol. The van der Waals surface area contributed by atoms with Crippen molar-refractivity contribution in [2.45, 2.75) is 30.3 Å². The van der Waals surface area contributed by atoms with Crippen molar-refractivity contribution in [3.05, 3.63) is 17.5 Å². The van der Waals surface area contributed by atoms with Crippen LogP contribution in [0, 0.1) is 0 Å². The molecule has 7 nitrogen and oxygen atoms in total. The fourth-order valence-corrected chi connectivity index (χ4v) is 4.84. The number of halogens is 4. The molecule has 0 spiro atoms. The molecule has 0 radical (unpaired) electrons. The zero-order chi connectivity index (χ0) is 20.8. The normalized spacial score (nSPS) is 17.7. The fourth-order valence-electron chi connectivity index (χ4n) is 2.78. The second-order valence-corrected chi connectivity index (χ2v) is 9.25. The molecule has 1 aromatic heterocycles. The van der Waals surface area contributed by atoms with E-state index in [1.54, 1.807) is 11.4 Å². The Morgan fingerprint density at radius 2 is 1.97 bits per heavy atom. The van der Waals surface area contributed by atoms with Crippen LogP contribution in [0.25, 0.3) is 0 Å². The molecule has 168 valence electrons. The Balaban J connectivity index is 0.00000420. The van der Waals surface area contributed by atoms with Gasteiger partial charge in [-0.25, -0.2) is 13.1 Å². The SMILES string of the molecule is CCNC(=NCCNS(=O)(=O)c1cccs1)N1CCN(C(C)C(F)(F)F)CC1.I. The summed E-state index contributed by atoms with van der Waals surface area (Å²) in [5.41, 5.74) is 0. The van der Waals surface area contributed by atoms with Crippen molar-refractivity contribution in [1.82, 2.24) is 19.8 Å². The Labute approximate surface area is 190 Å². The van der Waals surface area contributed by atoms with Gasteiger partial charge in [0.2, 0.25) is 10.0 Å². The highest BCUT2D eigenvalue weighted by Gasteiger charge is 2.41.